The lowest BCUT2D eigenvalue weighted by Gasteiger charge is -2.08. The number of carbonyl (C=O) groups is 1. The van der Waals surface area contributed by atoms with Gasteiger partial charge in [0.15, 0.2) is 0 Å². The molecule has 0 saturated carbocycles. The summed E-state index contributed by atoms with van der Waals surface area (Å²) in [6.45, 7) is 0. The first-order valence-corrected chi connectivity index (χ1v) is 4.26. The molecule has 0 aromatic rings. The van der Waals surface area contributed by atoms with Crippen molar-refractivity contribution < 1.29 is 4.79 Å². The second-order valence-electron chi connectivity index (χ2n) is 1.46. The third kappa shape index (κ3) is 3.66. The predicted molar refractivity (Wildman–Crippen MR) is 43.5 cm³/mol. The number of hydrogen-bond acceptors (Lipinski definition) is 4. The van der Waals surface area contributed by atoms with Crippen LogP contribution < -0.4 is 10.5 Å². The topological polar surface area (TPSA) is 55.1 Å². The van der Waals surface area contributed by atoms with Crippen molar-refractivity contribution in [2.75, 3.05) is 12.0 Å². The fraction of sp³-hybridized carbons (Fsp3) is 0.750. The Kier molecular flexibility index (Phi) is 5.03. The van der Waals surface area contributed by atoms with E-state index in [1.165, 1.54) is 11.9 Å². The van der Waals surface area contributed by atoms with Crippen molar-refractivity contribution in [2.45, 2.75) is 6.04 Å². The molecule has 0 bridgehead atoms. The first-order valence-electron chi connectivity index (χ1n) is 2.41. The molecule has 0 aromatic carbocycles. The summed E-state index contributed by atoms with van der Waals surface area (Å²) >= 11 is 5.28. The molecule has 3 N–H and O–H groups in total. The summed E-state index contributed by atoms with van der Waals surface area (Å²) in [5.41, 5.74) is 4.97. The van der Waals surface area contributed by atoms with Crippen molar-refractivity contribution in [3.05, 3.63) is 0 Å². The standard InChI is InChI=1S/C4H10N2OS2/c1-9-6-3(2-8)4(5)7/h3,6,8H,2H2,1H3,(H2,5,7). The van der Waals surface area contributed by atoms with Crippen LogP contribution in [0.3, 0.4) is 0 Å². The third-order valence-corrected chi connectivity index (χ3v) is 1.67. The maximum atomic E-state index is 10.4. The molecule has 1 amide bonds. The Labute approximate surface area is 64.3 Å². The Balaban J connectivity index is 3.54. The van der Waals surface area contributed by atoms with Crippen molar-refractivity contribution in [2.24, 2.45) is 5.73 Å². The van der Waals surface area contributed by atoms with Gasteiger partial charge in [-0.25, -0.2) is 0 Å². The highest BCUT2D eigenvalue weighted by atomic mass is 32.2. The Hall–Kier alpha value is 0.130. The average molecular weight is 166 g/mol. The molecule has 0 radical (unpaired) electrons. The van der Waals surface area contributed by atoms with Gasteiger partial charge in [0.1, 0.15) is 6.04 Å². The molecule has 0 aliphatic rings. The van der Waals surface area contributed by atoms with Crippen LogP contribution in [0.15, 0.2) is 0 Å². The van der Waals surface area contributed by atoms with Gasteiger partial charge in [-0.05, 0) is 6.26 Å². The minimum Gasteiger partial charge on any atom is -0.368 e. The van der Waals surface area contributed by atoms with Crippen molar-refractivity contribution in [1.29, 1.82) is 0 Å². The first kappa shape index (κ1) is 9.13. The van der Waals surface area contributed by atoms with E-state index < -0.39 is 0 Å². The zero-order chi connectivity index (χ0) is 7.28. The number of primary amides is 1. The monoisotopic (exact) mass is 166 g/mol. The molecule has 1 unspecified atom stereocenters. The molecule has 0 aliphatic carbocycles. The number of rotatable bonds is 4. The zero-order valence-corrected chi connectivity index (χ0v) is 6.84. The van der Waals surface area contributed by atoms with E-state index in [9.17, 15) is 4.79 Å². The average Bonchev–Trinajstić information content (AvgIpc) is 1.82. The van der Waals surface area contributed by atoms with Gasteiger partial charge in [0.25, 0.3) is 0 Å². The lowest BCUT2D eigenvalue weighted by molar-refractivity contribution is -0.119. The van der Waals surface area contributed by atoms with Crippen LogP contribution in [0.1, 0.15) is 0 Å². The van der Waals surface area contributed by atoms with Gasteiger partial charge in [0.2, 0.25) is 5.91 Å². The lowest BCUT2D eigenvalue weighted by atomic mass is 10.3. The van der Waals surface area contributed by atoms with Crippen LogP contribution in [-0.4, -0.2) is 24.0 Å². The van der Waals surface area contributed by atoms with Gasteiger partial charge in [-0.1, -0.05) is 11.9 Å². The summed E-state index contributed by atoms with van der Waals surface area (Å²) in [5.74, 6) is 0.0789. The van der Waals surface area contributed by atoms with Gasteiger partial charge in [-0.3, -0.25) is 9.52 Å². The minimum absolute atomic E-state index is 0.316. The highest BCUT2D eigenvalue weighted by Crippen LogP contribution is 1.92. The number of amides is 1. The highest BCUT2D eigenvalue weighted by molar-refractivity contribution is 7.96. The molecule has 3 nitrogen and oxygen atoms in total. The number of nitrogens with two attached hydrogens (primary N) is 1. The fourth-order valence-electron chi connectivity index (χ4n) is 0.328. The molecular formula is C4H10N2OS2. The van der Waals surface area contributed by atoms with Crippen LogP contribution in [-0.2, 0) is 4.79 Å². The fourth-order valence-corrected chi connectivity index (χ4v) is 1.21. The van der Waals surface area contributed by atoms with Gasteiger partial charge in [0, 0.05) is 5.75 Å². The van der Waals surface area contributed by atoms with Crippen molar-refractivity contribution in [3.63, 3.8) is 0 Å². The normalized spacial score (nSPS) is 13.1. The van der Waals surface area contributed by atoms with E-state index in [1.54, 1.807) is 0 Å². The van der Waals surface area contributed by atoms with E-state index in [4.69, 9.17) is 5.73 Å². The quantitative estimate of drug-likeness (QED) is 0.395. The van der Waals surface area contributed by atoms with E-state index in [2.05, 4.69) is 17.4 Å². The van der Waals surface area contributed by atoms with Crippen LogP contribution in [0.2, 0.25) is 0 Å². The van der Waals surface area contributed by atoms with Gasteiger partial charge in [-0.15, -0.1) is 0 Å². The molecule has 9 heavy (non-hydrogen) atoms. The van der Waals surface area contributed by atoms with E-state index in [0.29, 0.717) is 5.75 Å². The van der Waals surface area contributed by atoms with Gasteiger partial charge < -0.3 is 5.73 Å². The molecule has 0 rings (SSSR count). The minimum atomic E-state index is -0.362. The molecule has 0 aliphatic heterocycles. The number of nitrogens with one attached hydrogen (secondary N) is 1. The number of carbonyl (C=O) groups excluding carboxylic acids is 1. The molecule has 5 heteroatoms. The van der Waals surface area contributed by atoms with E-state index in [-0.39, 0.29) is 11.9 Å². The lowest BCUT2D eigenvalue weighted by Crippen LogP contribution is -2.39. The highest BCUT2D eigenvalue weighted by Gasteiger charge is 2.10. The molecule has 0 spiro atoms. The summed E-state index contributed by atoms with van der Waals surface area (Å²) in [4.78, 5) is 10.4. The molecule has 0 fully saturated rings. The van der Waals surface area contributed by atoms with Crippen molar-refractivity contribution in [1.82, 2.24) is 4.72 Å². The molecule has 0 aromatic heterocycles. The molecule has 54 valence electrons. The van der Waals surface area contributed by atoms with Crippen LogP contribution in [0, 0.1) is 0 Å². The summed E-state index contributed by atoms with van der Waals surface area (Å²) in [6.07, 6.45) is 1.83. The SMILES string of the molecule is CSNC(CS)C(N)=O. The van der Waals surface area contributed by atoms with Crippen LogP contribution >= 0.6 is 24.6 Å². The van der Waals surface area contributed by atoms with E-state index in [0.717, 1.165) is 0 Å². The van der Waals surface area contributed by atoms with Crippen LogP contribution in [0.4, 0.5) is 0 Å². The van der Waals surface area contributed by atoms with Gasteiger partial charge in [-0.2, -0.15) is 12.6 Å². The Morgan fingerprint density at radius 3 is 2.67 bits per heavy atom. The summed E-state index contributed by atoms with van der Waals surface area (Å²) in [5, 5.41) is 0. The second kappa shape index (κ2) is 4.96. The molecule has 1 atom stereocenters. The summed E-state index contributed by atoms with van der Waals surface area (Å²) in [7, 11) is 0. The molecule has 0 saturated heterocycles. The maximum absolute atomic E-state index is 10.4. The zero-order valence-electron chi connectivity index (χ0n) is 5.13. The number of thiol groups is 1. The van der Waals surface area contributed by atoms with E-state index >= 15 is 0 Å². The second-order valence-corrected chi connectivity index (χ2v) is 2.47. The van der Waals surface area contributed by atoms with Gasteiger partial charge >= 0.3 is 0 Å². The number of hydrogen-bond donors (Lipinski definition) is 3. The smallest absolute Gasteiger partial charge is 0.236 e. The van der Waals surface area contributed by atoms with Crippen LogP contribution in [0.25, 0.3) is 0 Å². The Bertz CT molecular complexity index is 98.6. The van der Waals surface area contributed by atoms with E-state index in [1.807, 2.05) is 6.26 Å². The maximum Gasteiger partial charge on any atom is 0.236 e. The first-order chi connectivity index (χ1) is 4.22. The van der Waals surface area contributed by atoms with Crippen molar-refractivity contribution >= 4 is 30.5 Å². The van der Waals surface area contributed by atoms with Crippen LogP contribution in [0.5, 0.6) is 0 Å². The van der Waals surface area contributed by atoms with Crippen molar-refractivity contribution in [3.8, 4) is 0 Å². The largest absolute Gasteiger partial charge is 0.368 e. The molecule has 0 heterocycles. The Morgan fingerprint density at radius 1 is 2.00 bits per heavy atom. The predicted octanol–water partition coefficient (Wildman–Crippen LogP) is -0.362. The molecular weight excluding hydrogens is 156 g/mol. The summed E-state index contributed by atoms with van der Waals surface area (Å²) in [6, 6.07) is -0.316. The van der Waals surface area contributed by atoms with Gasteiger partial charge in [0.05, 0.1) is 0 Å². The summed E-state index contributed by atoms with van der Waals surface area (Å²) < 4.78 is 2.80. The Morgan fingerprint density at radius 2 is 2.56 bits per heavy atom. The third-order valence-electron chi connectivity index (χ3n) is 0.786.